The first-order valence-corrected chi connectivity index (χ1v) is 8.63. The highest BCUT2D eigenvalue weighted by Crippen LogP contribution is 2.36. The largest absolute Gasteiger partial charge is 0.418 e. The Morgan fingerprint density at radius 1 is 1.22 bits per heavy atom. The quantitative estimate of drug-likeness (QED) is 0.627. The minimum atomic E-state index is -4.69. The van der Waals surface area contributed by atoms with E-state index in [0.717, 1.165) is 16.7 Å². The van der Waals surface area contributed by atoms with Crippen molar-refractivity contribution < 1.29 is 18.0 Å². The molecular weight excluding hydrogens is 451 g/mol. The SMILES string of the molecule is O=C(Cn1cnc2ccc(Br)cc2c1=O)Nc1ccc(Cl)cc1C(F)(F)F. The Kier molecular flexibility index (Phi) is 5.25. The standard InChI is InChI=1S/C17H10BrClF3N3O2/c18-9-1-3-13-11(5-9)16(27)25(8-23-13)7-15(26)24-14-4-2-10(19)6-12(14)17(20,21)22/h1-6,8H,7H2,(H,24,26). The predicted octanol–water partition coefficient (Wildman–Crippen LogP) is 4.47. The molecule has 0 aliphatic carbocycles. The molecule has 0 atom stereocenters. The molecule has 0 fully saturated rings. The lowest BCUT2D eigenvalue weighted by molar-refractivity contribution is -0.137. The van der Waals surface area contributed by atoms with Crippen molar-refractivity contribution >= 4 is 50.0 Å². The Hall–Kier alpha value is -2.39. The molecule has 0 saturated carbocycles. The van der Waals surface area contributed by atoms with Crippen LogP contribution in [0.1, 0.15) is 5.56 Å². The number of carbonyl (C=O) groups excluding carboxylic acids is 1. The molecule has 1 aromatic heterocycles. The summed E-state index contributed by atoms with van der Waals surface area (Å²) in [4.78, 5) is 28.7. The minimum Gasteiger partial charge on any atom is -0.324 e. The second-order valence-electron chi connectivity index (χ2n) is 5.57. The smallest absolute Gasteiger partial charge is 0.324 e. The molecule has 3 rings (SSSR count). The third-order valence-electron chi connectivity index (χ3n) is 3.66. The van der Waals surface area contributed by atoms with Gasteiger partial charge in [-0.2, -0.15) is 13.2 Å². The number of hydrogen-bond acceptors (Lipinski definition) is 3. The fourth-order valence-corrected chi connectivity index (χ4v) is 2.98. The predicted molar refractivity (Wildman–Crippen MR) is 98.8 cm³/mol. The average molecular weight is 461 g/mol. The lowest BCUT2D eigenvalue weighted by atomic mass is 10.1. The lowest BCUT2D eigenvalue weighted by Crippen LogP contribution is -2.28. The van der Waals surface area contributed by atoms with Crippen molar-refractivity contribution in [3.63, 3.8) is 0 Å². The first-order valence-electron chi connectivity index (χ1n) is 7.46. The van der Waals surface area contributed by atoms with Gasteiger partial charge in [-0.05, 0) is 36.4 Å². The second-order valence-corrected chi connectivity index (χ2v) is 6.93. The average Bonchev–Trinajstić information content (AvgIpc) is 2.58. The maximum absolute atomic E-state index is 13.1. The first kappa shape index (κ1) is 19.4. The van der Waals surface area contributed by atoms with Crippen molar-refractivity contribution in [2.45, 2.75) is 12.7 Å². The summed E-state index contributed by atoms with van der Waals surface area (Å²) in [6, 6.07) is 7.91. The number of alkyl halides is 3. The lowest BCUT2D eigenvalue weighted by Gasteiger charge is -2.14. The highest BCUT2D eigenvalue weighted by atomic mass is 79.9. The van der Waals surface area contributed by atoms with Crippen LogP contribution >= 0.6 is 27.5 Å². The number of hydrogen-bond donors (Lipinski definition) is 1. The van der Waals surface area contributed by atoms with Gasteiger partial charge in [0.05, 0.1) is 28.5 Å². The Balaban J connectivity index is 1.88. The molecule has 140 valence electrons. The van der Waals surface area contributed by atoms with E-state index in [1.165, 1.54) is 12.4 Å². The summed E-state index contributed by atoms with van der Waals surface area (Å²) in [6.07, 6.45) is -3.52. The van der Waals surface area contributed by atoms with E-state index in [4.69, 9.17) is 11.6 Å². The summed E-state index contributed by atoms with van der Waals surface area (Å²) in [6.45, 7) is -0.492. The van der Waals surface area contributed by atoms with Crippen LogP contribution < -0.4 is 10.9 Å². The molecule has 1 N–H and O–H groups in total. The van der Waals surface area contributed by atoms with Gasteiger partial charge >= 0.3 is 6.18 Å². The molecule has 0 saturated heterocycles. The van der Waals surface area contributed by atoms with Crippen molar-refractivity contribution in [2.75, 3.05) is 5.32 Å². The molecule has 1 heterocycles. The zero-order valence-electron chi connectivity index (χ0n) is 13.3. The topological polar surface area (TPSA) is 64.0 Å². The van der Waals surface area contributed by atoms with E-state index < -0.39 is 35.4 Å². The van der Waals surface area contributed by atoms with E-state index in [1.807, 2.05) is 0 Å². The molecule has 27 heavy (non-hydrogen) atoms. The number of nitrogens with zero attached hydrogens (tertiary/aromatic N) is 2. The molecule has 0 spiro atoms. The van der Waals surface area contributed by atoms with Crippen LogP contribution in [0.2, 0.25) is 5.02 Å². The summed E-state index contributed by atoms with van der Waals surface area (Å²) in [5.74, 6) is -0.805. The van der Waals surface area contributed by atoms with Gasteiger partial charge in [-0.1, -0.05) is 27.5 Å². The number of aromatic nitrogens is 2. The van der Waals surface area contributed by atoms with Crippen molar-refractivity contribution in [2.24, 2.45) is 0 Å². The Bertz CT molecular complexity index is 1100. The summed E-state index contributed by atoms with van der Waals surface area (Å²) >= 11 is 8.85. The summed E-state index contributed by atoms with van der Waals surface area (Å²) < 4.78 is 41.0. The minimum absolute atomic E-state index is 0.110. The first-order chi connectivity index (χ1) is 12.6. The number of halogens is 5. The Morgan fingerprint density at radius 3 is 2.67 bits per heavy atom. The van der Waals surface area contributed by atoms with Crippen molar-refractivity contribution in [3.8, 4) is 0 Å². The van der Waals surface area contributed by atoms with E-state index in [2.05, 4.69) is 26.2 Å². The second kappa shape index (κ2) is 7.32. The molecule has 0 bridgehead atoms. The van der Waals surface area contributed by atoms with Crippen molar-refractivity contribution in [1.29, 1.82) is 0 Å². The van der Waals surface area contributed by atoms with Gasteiger partial charge < -0.3 is 5.32 Å². The maximum atomic E-state index is 13.1. The highest BCUT2D eigenvalue weighted by molar-refractivity contribution is 9.10. The van der Waals surface area contributed by atoms with Gasteiger partial charge in [0, 0.05) is 9.50 Å². The maximum Gasteiger partial charge on any atom is 0.418 e. The number of benzene rings is 2. The number of anilines is 1. The number of nitrogens with one attached hydrogen (secondary N) is 1. The van der Waals surface area contributed by atoms with Gasteiger partial charge in [0.2, 0.25) is 5.91 Å². The number of fused-ring (bicyclic) bond motifs is 1. The molecule has 1 amide bonds. The van der Waals surface area contributed by atoms with Crippen molar-refractivity contribution in [1.82, 2.24) is 9.55 Å². The van der Waals surface area contributed by atoms with E-state index in [0.29, 0.717) is 9.99 Å². The highest BCUT2D eigenvalue weighted by Gasteiger charge is 2.34. The Labute approximate surface area is 163 Å². The molecular formula is C17H10BrClF3N3O2. The van der Waals surface area contributed by atoms with Crippen LogP contribution in [-0.4, -0.2) is 15.5 Å². The van der Waals surface area contributed by atoms with Crippen LogP contribution in [0.3, 0.4) is 0 Å². The van der Waals surface area contributed by atoms with E-state index >= 15 is 0 Å². The van der Waals surface area contributed by atoms with Crippen LogP contribution in [0.5, 0.6) is 0 Å². The summed E-state index contributed by atoms with van der Waals surface area (Å²) in [5.41, 5.74) is -1.56. The van der Waals surface area contributed by atoms with Gasteiger partial charge in [0.15, 0.2) is 0 Å². The molecule has 0 aliphatic rings. The number of amides is 1. The molecule has 10 heteroatoms. The van der Waals surface area contributed by atoms with Gasteiger partial charge in [-0.3, -0.25) is 14.2 Å². The van der Waals surface area contributed by atoms with Gasteiger partial charge in [0.25, 0.3) is 5.56 Å². The monoisotopic (exact) mass is 459 g/mol. The Morgan fingerprint density at radius 2 is 1.96 bits per heavy atom. The normalized spacial score (nSPS) is 11.6. The number of rotatable bonds is 3. The molecule has 3 aromatic rings. The van der Waals surface area contributed by atoms with Crippen LogP contribution in [-0.2, 0) is 17.5 Å². The summed E-state index contributed by atoms with van der Waals surface area (Å²) in [7, 11) is 0. The van der Waals surface area contributed by atoms with Gasteiger partial charge in [0.1, 0.15) is 6.54 Å². The third-order valence-corrected chi connectivity index (χ3v) is 4.39. The van der Waals surface area contributed by atoms with Gasteiger partial charge in [-0.15, -0.1) is 0 Å². The molecule has 5 nitrogen and oxygen atoms in total. The molecule has 0 radical (unpaired) electrons. The zero-order valence-corrected chi connectivity index (χ0v) is 15.7. The van der Waals surface area contributed by atoms with E-state index in [-0.39, 0.29) is 10.4 Å². The van der Waals surface area contributed by atoms with E-state index in [1.54, 1.807) is 18.2 Å². The van der Waals surface area contributed by atoms with Crippen molar-refractivity contribution in [3.05, 3.63) is 68.1 Å². The van der Waals surface area contributed by atoms with Gasteiger partial charge in [-0.25, -0.2) is 4.98 Å². The fourth-order valence-electron chi connectivity index (χ4n) is 2.45. The molecule has 0 unspecified atom stereocenters. The molecule has 2 aromatic carbocycles. The van der Waals surface area contributed by atoms with Crippen LogP contribution in [0, 0.1) is 0 Å². The van der Waals surface area contributed by atoms with E-state index in [9.17, 15) is 22.8 Å². The fraction of sp³-hybridized carbons (Fsp3) is 0.118. The number of carbonyl (C=O) groups is 1. The zero-order chi connectivity index (χ0) is 19.8. The van der Waals surface area contributed by atoms with Crippen LogP contribution in [0.15, 0.2) is 52.0 Å². The molecule has 0 aliphatic heterocycles. The van der Waals surface area contributed by atoms with Crippen LogP contribution in [0.4, 0.5) is 18.9 Å². The summed E-state index contributed by atoms with van der Waals surface area (Å²) in [5, 5.41) is 2.33. The van der Waals surface area contributed by atoms with Crippen LogP contribution in [0.25, 0.3) is 10.9 Å². The third kappa shape index (κ3) is 4.30.